The number of thiazole rings is 1. The van der Waals surface area contributed by atoms with Crippen molar-refractivity contribution in [2.24, 2.45) is 0 Å². The van der Waals surface area contributed by atoms with E-state index in [1.807, 2.05) is 11.3 Å². The molecule has 1 N–H and O–H groups in total. The minimum atomic E-state index is 0.393. The lowest BCUT2D eigenvalue weighted by Gasteiger charge is -2.22. The molecular formula is C16H27N3OS. The normalized spacial score (nSPS) is 25.0. The number of likely N-dealkylation sites (N-methyl/N-ethyl adjacent to an activating group) is 1. The molecule has 2 unspecified atom stereocenters. The molecule has 0 radical (unpaired) electrons. The summed E-state index contributed by atoms with van der Waals surface area (Å²) in [5.41, 5.74) is 1.33. The van der Waals surface area contributed by atoms with Crippen LogP contribution in [0.25, 0.3) is 0 Å². The molecule has 0 spiro atoms. The summed E-state index contributed by atoms with van der Waals surface area (Å²) in [7, 11) is 2.15. The van der Waals surface area contributed by atoms with E-state index in [9.17, 15) is 0 Å². The maximum atomic E-state index is 5.74. The van der Waals surface area contributed by atoms with Crippen molar-refractivity contribution in [2.45, 2.75) is 57.6 Å². The van der Waals surface area contributed by atoms with Crippen LogP contribution in [0.15, 0.2) is 0 Å². The lowest BCUT2D eigenvalue weighted by atomic mass is 9.98. The molecule has 2 atom stereocenters. The average Bonchev–Trinajstić information content (AvgIpc) is 3.13. The molecule has 0 saturated carbocycles. The van der Waals surface area contributed by atoms with Gasteiger partial charge in [-0.1, -0.05) is 18.3 Å². The van der Waals surface area contributed by atoms with Crippen LogP contribution < -0.4 is 10.2 Å². The lowest BCUT2D eigenvalue weighted by molar-refractivity contribution is 0.116. The summed E-state index contributed by atoms with van der Waals surface area (Å²) in [6, 6.07) is 0.524. The predicted molar refractivity (Wildman–Crippen MR) is 88.3 cm³/mol. The first-order chi connectivity index (χ1) is 10.3. The summed E-state index contributed by atoms with van der Waals surface area (Å²) in [6.45, 7) is 5.22. The van der Waals surface area contributed by atoms with Gasteiger partial charge in [0.15, 0.2) is 5.13 Å². The smallest absolute Gasteiger partial charge is 0.185 e. The minimum Gasteiger partial charge on any atom is -0.376 e. The van der Waals surface area contributed by atoms with Crippen molar-refractivity contribution < 1.29 is 4.74 Å². The van der Waals surface area contributed by atoms with Gasteiger partial charge in [0.2, 0.25) is 0 Å². The number of fused-ring (bicyclic) bond motifs is 1. The Bertz CT molecular complexity index is 456. The Balaban J connectivity index is 1.68. The second kappa shape index (κ2) is 7.07. The van der Waals surface area contributed by atoms with Crippen LogP contribution in [0.4, 0.5) is 5.13 Å². The molecule has 1 aliphatic carbocycles. The van der Waals surface area contributed by atoms with Crippen LogP contribution in [0.5, 0.6) is 0 Å². The van der Waals surface area contributed by atoms with E-state index in [-0.39, 0.29) is 0 Å². The van der Waals surface area contributed by atoms with Gasteiger partial charge in [0, 0.05) is 31.1 Å². The molecule has 118 valence electrons. The SMILES string of the molecule is CCCNC1CCCc2nc(N(C)CC3CCCO3)sc21. The summed E-state index contributed by atoms with van der Waals surface area (Å²) >= 11 is 1.88. The highest BCUT2D eigenvalue weighted by Crippen LogP contribution is 2.37. The Morgan fingerprint density at radius 2 is 2.29 bits per heavy atom. The van der Waals surface area contributed by atoms with Gasteiger partial charge in [-0.3, -0.25) is 0 Å². The van der Waals surface area contributed by atoms with Gasteiger partial charge >= 0.3 is 0 Å². The molecule has 2 aliphatic rings. The zero-order chi connectivity index (χ0) is 14.7. The highest BCUT2D eigenvalue weighted by atomic mass is 32.1. The Morgan fingerprint density at radius 1 is 1.38 bits per heavy atom. The quantitative estimate of drug-likeness (QED) is 0.876. The molecule has 1 saturated heterocycles. The van der Waals surface area contributed by atoms with Crippen molar-refractivity contribution in [3.8, 4) is 0 Å². The Hall–Kier alpha value is -0.650. The van der Waals surface area contributed by atoms with Crippen molar-refractivity contribution in [1.29, 1.82) is 0 Å². The van der Waals surface area contributed by atoms with Crippen molar-refractivity contribution in [3.63, 3.8) is 0 Å². The van der Waals surface area contributed by atoms with Crippen LogP contribution in [0.2, 0.25) is 0 Å². The predicted octanol–water partition coefficient (Wildman–Crippen LogP) is 3.14. The van der Waals surface area contributed by atoms with Crippen LogP contribution >= 0.6 is 11.3 Å². The van der Waals surface area contributed by atoms with Crippen LogP contribution in [0.1, 0.15) is 55.6 Å². The van der Waals surface area contributed by atoms with E-state index in [0.717, 1.165) is 26.1 Å². The van der Waals surface area contributed by atoms with Gasteiger partial charge in [-0.15, -0.1) is 0 Å². The number of hydrogen-bond donors (Lipinski definition) is 1. The Kier molecular flexibility index (Phi) is 5.14. The minimum absolute atomic E-state index is 0.393. The average molecular weight is 309 g/mol. The first-order valence-electron chi connectivity index (χ1n) is 8.33. The molecule has 1 aromatic heterocycles. The van der Waals surface area contributed by atoms with E-state index in [4.69, 9.17) is 9.72 Å². The highest BCUT2D eigenvalue weighted by molar-refractivity contribution is 7.15. The van der Waals surface area contributed by atoms with Crippen LogP contribution in [-0.2, 0) is 11.2 Å². The molecule has 1 aromatic rings. The first kappa shape index (κ1) is 15.3. The molecule has 0 amide bonds. The number of nitrogens with zero attached hydrogens (tertiary/aromatic N) is 2. The third-order valence-electron chi connectivity index (χ3n) is 4.41. The van der Waals surface area contributed by atoms with E-state index in [0.29, 0.717) is 12.1 Å². The first-order valence-corrected chi connectivity index (χ1v) is 9.15. The van der Waals surface area contributed by atoms with Gasteiger partial charge in [0.05, 0.1) is 11.8 Å². The molecule has 3 rings (SSSR count). The van der Waals surface area contributed by atoms with Crippen molar-refractivity contribution in [2.75, 3.05) is 31.6 Å². The maximum absolute atomic E-state index is 5.74. The van der Waals surface area contributed by atoms with Crippen LogP contribution in [0.3, 0.4) is 0 Å². The summed E-state index contributed by atoms with van der Waals surface area (Å²) in [5.74, 6) is 0. The molecular weight excluding hydrogens is 282 g/mol. The largest absolute Gasteiger partial charge is 0.376 e. The molecule has 0 aromatic carbocycles. The third kappa shape index (κ3) is 3.58. The van der Waals surface area contributed by atoms with Gasteiger partial charge in [0.25, 0.3) is 0 Å². The fourth-order valence-electron chi connectivity index (χ4n) is 3.26. The zero-order valence-electron chi connectivity index (χ0n) is 13.2. The Labute approximate surface area is 131 Å². The van der Waals surface area contributed by atoms with Gasteiger partial charge in [0.1, 0.15) is 0 Å². The number of aromatic nitrogens is 1. The van der Waals surface area contributed by atoms with E-state index < -0.39 is 0 Å². The van der Waals surface area contributed by atoms with Crippen LogP contribution in [-0.4, -0.2) is 37.8 Å². The molecule has 21 heavy (non-hydrogen) atoms. The summed E-state index contributed by atoms with van der Waals surface area (Å²) < 4.78 is 5.74. The molecule has 1 aliphatic heterocycles. The number of anilines is 1. The Morgan fingerprint density at radius 3 is 3.05 bits per heavy atom. The zero-order valence-corrected chi connectivity index (χ0v) is 14.0. The van der Waals surface area contributed by atoms with E-state index in [1.54, 1.807) is 0 Å². The molecule has 1 fully saturated rings. The summed E-state index contributed by atoms with van der Waals surface area (Å²) in [4.78, 5) is 8.66. The topological polar surface area (TPSA) is 37.4 Å². The number of ether oxygens (including phenoxy) is 1. The number of nitrogens with one attached hydrogen (secondary N) is 1. The van der Waals surface area contributed by atoms with Crippen molar-refractivity contribution in [1.82, 2.24) is 10.3 Å². The fourth-order valence-corrected chi connectivity index (χ4v) is 4.45. The lowest BCUT2D eigenvalue weighted by Crippen LogP contribution is -2.28. The van der Waals surface area contributed by atoms with Gasteiger partial charge < -0.3 is 15.0 Å². The second-order valence-electron chi connectivity index (χ2n) is 6.22. The van der Waals surface area contributed by atoms with Crippen molar-refractivity contribution in [3.05, 3.63) is 10.6 Å². The van der Waals surface area contributed by atoms with E-state index in [2.05, 4.69) is 24.2 Å². The number of aryl methyl sites for hydroxylation is 1. The summed E-state index contributed by atoms with van der Waals surface area (Å²) in [6.07, 6.45) is 7.63. The van der Waals surface area contributed by atoms with Crippen molar-refractivity contribution >= 4 is 16.5 Å². The van der Waals surface area contributed by atoms with Gasteiger partial charge in [-0.05, 0) is 45.1 Å². The highest BCUT2D eigenvalue weighted by Gasteiger charge is 2.26. The number of rotatable bonds is 6. The molecule has 5 heteroatoms. The van der Waals surface area contributed by atoms with E-state index in [1.165, 1.54) is 47.8 Å². The van der Waals surface area contributed by atoms with E-state index >= 15 is 0 Å². The molecule has 4 nitrogen and oxygen atoms in total. The molecule has 2 heterocycles. The van der Waals surface area contributed by atoms with Crippen LogP contribution in [0, 0.1) is 0 Å². The second-order valence-corrected chi connectivity index (χ2v) is 7.23. The third-order valence-corrected chi connectivity index (χ3v) is 5.73. The monoisotopic (exact) mass is 309 g/mol. The summed E-state index contributed by atoms with van der Waals surface area (Å²) in [5, 5.41) is 4.85. The molecule has 0 bridgehead atoms. The van der Waals surface area contributed by atoms with Gasteiger partial charge in [-0.25, -0.2) is 4.98 Å². The van der Waals surface area contributed by atoms with Gasteiger partial charge in [-0.2, -0.15) is 0 Å². The fraction of sp³-hybridized carbons (Fsp3) is 0.812. The number of hydrogen-bond acceptors (Lipinski definition) is 5. The maximum Gasteiger partial charge on any atom is 0.185 e. The standard InChI is InChI=1S/C16H27N3OS/c1-3-9-17-13-7-4-8-14-15(13)21-16(18-14)19(2)11-12-6-5-10-20-12/h12-13,17H,3-11H2,1-2H3.